The molecule has 0 radical (unpaired) electrons. The number of aromatic nitrogens is 5. The van der Waals surface area contributed by atoms with Crippen molar-refractivity contribution in [3.05, 3.63) is 188 Å². The second kappa shape index (κ2) is 12.6. The molecule has 0 amide bonds. The van der Waals surface area contributed by atoms with Crippen molar-refractivity contribution in [2.24, 2.45) is 0 Å². The van der Waals surface area contributed by atoms with Gasteiger partial charge in [-0.15, -0.1) is 11.3 Å². The molecule has 8 aromatic carbocycles. The molecule has 0 aliphatic rings. The molecular weight excluding hydrogens is 715 g/mol. The van der Waals surface area contributed by atoms with Crippen LogP contribution in [0.3, 0.4) is 0 Å². The first-order valence-electron chi connectivity index (χ1n) is 19.1. The molecule has 0 fully saturated rings. The van der Waals surface area contributed by atoms with Crippen LogP contribution < -0.4 is 0 Å². The Morgan fingerprint density at radius 2 is 0.860 bits per heavy atom. The summed E-state index contributed by atoms with van der Waals surface area (Å²) in [5, 5.41) is 7.25. The molecule has 0 spiro atoms. The van der Waals surface area contributed by atoms with Crippen LogP contribution in [0.5, 0.6) is 0 Å². The minimum atomic E-state index is 0.583. The van der Waals surface area contributed by atoms with E-state index < -0.39 is 0 Å². The van der Waals surface area contributed by atoms with E-state index in [0.717, 1.165) is 49.7 Å². The molecule has 57 heavy (non-hydrogen) atoms. The smallest absolute Gasteiger partial charge is 0.238 e. The molecule has 266 valence electrons. The summed E-state index contributed by atoms with van der Waals surface area (Å²) in [6, 6.07) is 66.8. The Bertz CT molecular complexity index is 3490. The number of hydrogen-bond acceptors (Lipinski definition) is 4. The lowest BCUT2D eigenvalue weighted by Gasteiger charge is -2.13. The van der Waals surface area contributed by atoms with Crippen molar-refractivity contribution < 1.29 is 0 Å². The fourth-order valence-electron chi connectivity index (χ4n) is 8.57. The van der Waals surface area contributed by atoms with Crippen molar-refractivity contribution in [2.75, 3.05) is 0 Å². The molecule has 0 aliphatic carbocycles. The lowest BCUT2D eigenvalue weighted by molar-refractivity contribution is 0.953. The van der Waals surface area contributed by atoms with E-state index in [-0.39, 0.29) is 0 Å². The van der Waals surface area contributed by atoms with Crippen LogP contribution in [0.2, 0.25) is 0 Å². The zero-order valence-corrected chi connectivity index (χ0v) is 31.4. The highest BCUT2D eigenvalue weighted by Crippen LogP contribution is 2.39. The number of rotatable bonds is 5. The summed E-state index contributed by atoms with van der Waals surface area (Å²) in [7, 11) is 0. The van der Waals surface area contributed by atoms with Crippen LogP contribution in [0.1, 0.15) is 0 Å². The number of benzene rings is 8. The van der Waals surface area contributed by atoms with Gasteiger partial charge in [0.2, 0.25) is 5.95 Å². The van der Waals surface area contributed by atoms with E-state index >= 15 is 0 Å². The molecule has 0 N–H and O–H groups in total. The second-order valence-electron chi connectivity index (χ2n) is 14.5. The van der Waals surface area contributed by atoms with Gasteiger partial charge in [0.25, 0.3) is 0 Å². The van der Waals surface area contributed by atoms with E-state index in [2.05, 4.69) is 197 Å². The number of nitrogens with zero attached hydrogens (tertiary/aromatic N) is 5. The Hall–Kier alpha value is -7.41. The van der Waals surface area contributed by atoms with Gasteiger partial charge in [-0.25, -0.2) is 4.98 Å². The van der Waals surface area contributed by atoms with Crippen LogP contribution in [-0.4, -0.2) is 24.1 Å². The summed E-state index contributed by atoms with van der Waals surface area (Å²) >= 11 is 1.80. The summed E-state index contributed by atoms with van der Waals surface area (Å²) < 4.78 is 7.01. The molecular formula is C51H31N5S. The van der Waals surface area contributed by atoms with Gasteiger partial charge in [0, 0.05) is 58.5 Å². The van der Waals surface area contributed by atoms with Crippen molar-refractivity contribution >= 4 is 75.1 Å². The summed E-state index contributed by atoms with van der Waals surface area (Å²) in [6.45, 7) is 0. The van der Waals surface area contributed by atoms with Crippen LogP contribution in [0.15, 0.2) is 188 Å². The van der Waals surface area contributed by atoms with Crippen molar-refractivity contribution in [3.8, 4) is 45.5 Å². The largest absolute Gasteiger partial charge is 0.309 e. The minimum absolute atomic E-state index is 0.583. The molecule has 4 heterocycles. The van der Waals surface area contributed by atoms with Crippen LogP contribution in [0.25, 0.3) is 109 Å². The molecule has 6 heteroatoms. The predicted molar refractivity (Wildman–Crippen MR) is 238 cm³/mol. The Labute approximate surface area is 331 Å². The average Bonchev–Trinajstić information content (AvgIpc) is 3.94. The fourth-order valence-corrected chi connectivity index (χ4v) is 9.72. The zero-order valence-electron chi connectivity index (χ0n) is 30.5. The van der Waals surface area contributed by atoms with Crippen LogP contribution in [-0.2, 0) is 0 Å². The predicted octanol–water partition coefficient (Wildman–Crippen LogP) is 13.4. The van der Waals surface area contributed by atoms with Crippen molar-refractivity contribution in [3.63, 3.8) is 0 Å². The maximum Gasteiger partial charge on any atom is 0.238 e. The first-order valence-corrected chi connectivity index (χ1v) is 19.9. The first-order chi connectivity index (χ1) is 28.2. The number of fused-ring (bicyclic) bond motifs is 9. The van der Waals surface area contributed by atoms with Gasteiger partial charge in [0.05, 0.1) is 22.1 Å². The molecule has 0 aliphatic heterocycles. The summed E-state index contributed by atoms with van der Waals surface area (Å²) in [4.78, 5) is 15.8. The normalized spacial score (nSPS) is 11.9. The third-order valence-electron chi connectivity index (χ3n) is 11.2. The lowest BCUT2D eigenvalue weighted by Crippen LogP contribution is -2.06. The Kier molecular flexibility index (Phi) is 7.03. The van der Waals surface area contributed by atoms with Crippen LogP contribution >= 0.6 is 11.3 Å². The SMILES string of the molecule is c1ccc(-c2ccc3c(c2)c2ccccc2n3-c2cccc(-c3nc(-c4ccc5c(c4)sc4ccccc45)nc(-n4c5ccccc5c5ccccc54)n3)c2)cc1. The number of para-hydroxylation sites is 3. The van der Waals surface area contributed by atoms with Gasteiger partial charge < -0.3 is 4.57 Å². The third-order valence-corrected chi connectivity index (χ3v) is 12.3. The fraction of sp³-hybridized carbons (Fsp3) is 0. The molecule has 4 aromatic heterocycles. The summed E-state index contributed by atoms with van der Waals surface area (Å²) in [5.74, 6) is 1.83. The van der Waals surface area contributed by atoms with Gasteiger partial charge in [-0.1, -0.05) is 133 Å². The van der Waals surface area contributed by atoms with Gasteiger partial charge in [-0.2, -0.15) is 9.97 Å². The molecule has 0 bridgehead atoms. The van der Waals surface area contributed by atoms with Gasteiger partial charge in [0.15, 0.2) is 11.6 Å². The van der Waals surface area contributed by atoms with E-state index in [0.29, 0.717) is 17.6 Å². The molecule has 5 nitrogen and oxygen atoms in total. The Balaban J connectivity index is 1.08. The van der Waals surface area contributed by atoms with E-state index in [1.54, 1.807) is 11.3 Å². The van der Waals surface area contributed by atoms with Gasteiger partial charge >= 0.3 is 0 Å². The molecule has 0 atom stereocenters. The highest BCUT2D eigenvalue weighted by Gasteiger charge is 2.20. The number of hydrogen-bond donors (Lipinski definition) is 0. The highest BCUT2D eigenvalue weighted by molar-refractivity contribution is 7.25. The Morgan fingerprint density at radius 3 is 1.60 bits per heavy atom. The topological polar surface area (TPSA) is 48.5 Å². The molecule has 12 rings (SSSR count). The zero-order chi connectivity index (χ0) is 37.5. The second-order valence-corrected chi connectivity index (χ2v) is 15.5. The van der Waals surface area contributed by atoms with E-state index in [1.807, 2.05) is 0 Å². The Morgan fingerprint density at radius 1 is 0.316 bits per heavy atom. The first kappa shape index (κ1) is 31.9. The number of thiophene rings is 1. The van der Waals surface area contributed by atoms with E-state index in [1.165, 1.54) is 42.1 Å². The lowest BCUT2D eigenvalue weighted by atomic mass is 10.0. The standard InChI is InChI=1S/C51H31N5S/c1-2-13-32(14-3-1)33-26-28-46-42(30-33)39-19-6-8-21-43(39)55(46)36-16-12-15-34(29-36)49-52-50(35-25-27-41-40-20-7-11-24-47(40)57-48(41)31-35)54-51(53-49)56-44-22-9-4-17-37(44)38-18-5-10-23-45(38)56/h1-31H. The third kappa shape index (κ3) is 5.04. The van der Waals surface area contributed by atoms with Crippen molar-refractivity contribution in [1.29, 1.82) is 0 Å². The van der Waals surface area contributed by atoms with Gasteiger partial charge in [-0.05, 0) is 65.7 Å². The van der Waals surface area contributed by atoms with E-state index in [9.17, 15) is 0 Å². The van der Waals surface area contributed by atoms with Crippen LogP contribution in [0.4, 0.5) is 0 Å². The van der Waals surface area contributed by atoms with Crippen molar-refractivity contribution in [1.82, 2.24) is 24.1 Å². The molecule has 0 saturated carbocycles. The quantitative estimate of drug-likeness (QED) is 0.176. The van der Waals surface area contributed by atoms with Gasteiger partial charge in [0.1, 0.15) is 0 Å². The molecule has 0 unspecified atom stereocenters. The minimum Gasteiger partial charge on any atom is -0.309 e. The van der Waals surface area contributed by atoms with E-state index in [4.69, 9.17) is 15.0 Å². The maximum absolute atomic E-state index is 5.30. The summed E-state index contributed by atoms with van der Waals surface area (Å²) in [6.07, 6.45) is 0. The maximum atomic E-state index is 5.30. The summed E-state index contributed by atoms with van der Waals surface area (Å²) in [5.41, 5.74) is 9.70. The van der Waals surface area contributed by atoms with Crippen molar-refractivity contribution in [2.45, 2.75) is 0 Å². The highest BCUT2D eigenvalue weighted by atomic mass is 32.1. The van der Waals surface area contributed by atoms with Crippen LogP contribution in [0, 0.1) is 0 Å². The monoisotopic (exact) mass is 745 g/mol. The average molecular weight is 746 g/mol. The van der Waals surface area contributed by atoms with Gasteiger partial charge in [-0.3, -0.25) is 4.57 Å². The molecule has 12 aromatic rings. The molecule has 0 saturated heterocycles.